The van der Waals surface area contributed by atoms with E-state index in [9.17, 15) is 26.3 Å². The molecule has 1 aliphatic heterocycles. The first kappa shape index (κ1) is 21.6. The first-order chi connectivity index (χ1) is 13.4. The van der Waals surface area contributed by atoms with E-state index in [1.54, 1.807) is 0 Å². The summed E-state index contributed by atoms with van der Waals surface area (Å²) in [4.78, 5) is 3.50. The number of halogens is 6. The van der Waals surface area contributed by atoms with Crippen LogP contribution in [0.3, 0.4) is 0 Å². The molecule has 1 saturated heterocycles. The molecule has 162 valence electrons. The molecular weight excluding hydrogens is 406 g/mol. The topological polar surface area (TPSA) is 85.7 Å². The van der Waals surface area contributed by atoms with Crippen LogP contribution >= 0.6 is 0 Å². The SMILES string of the molecule is CC(c1c(C2CC2(F)F)c(F)c2cnc(N)nn12)C(F)(F)F.OC1CCCOC1. The third kappa shape index (κ3) is 4.42. The molecule has 0 bridgehead atoms. The minimum Gasteiger partial charge on any atom is -0.391 e. The molecule has 3 atom stereocenters. The summed E-state index contributed by atoms with van der Waals surface area (Å²) in [6.45, 7) is 2.14. The van der Waals surface area contributed by atoms with E-state index >= 15 is 0 Å². The molecule has 3 unspecified atom stereocenters. The Morgan fingerprint density at radius 2 is 2.03 bits per heavy atom. The zero-order valence-corrected chi connectivity index (χ0v) is 15.4. The molecule has 1 aliphatic carbocycles. The molecule has 0 aromatic carbocycles. The highest BCUT2D eigenvalue weighted by molar-refractivity contribution is 5.57. The van der Waals surface area contributed by atoms with Crippen LogP contribution in [0.2, 0.25) is 0 Å². The number of nitrogens with zero attached hydrogens (tertiary/aromatic N) is 3. The third-order valence-electron chi connectivity index (χ3n) is 4.93. The number of hydrogen-bond donors (Lipinski definition) is 2. The Hall–Kier alpha value is -2.08. The third-order valence-corrected chi connectivity index (χ3v) is 4.93. The summed E-state index contributed by atoms with van der Waals surface area (Å²) in [7, 11) is 0. The van der Waals surface area contributed by atoms with E-state index < -0.39 is 52.9 Å². The van der Waals surface area contributed by atoms with Gasteiger partial charge >= 0.3 is 6.18 Å². The van der Waals surface area contributed by atoms with Crippen LogP contribution < -0.4 is 5.73 Å². The predicted octanol–water partition coefficient (Wildman–Crippen LogP) is 3.40. The molecule has 2 aromatic rings. The molecule has 2 aromatic heterocycles. The Morgan fingerprint density at radius 1 is 1.38 bits per heavy atom. The maximum atomic E-state index is 14.4. The second kappa shape index (κ2) is 7.63. The molecular formula is C17H20F6N4O2. The van der Waals surface area contributed by atoms with Gasteiger partial charge in [-0.3, -0.25) is 0 Å². The molecule has 2 fully saturated rings. The van der Waals surface area contributed by atoms with E-state index in [4.69, 9.17) is 15.6 Å². The van der Waals surface area contributed by atoms with Gasteiger partial charge in [-0.15, -0.1) is 5.10 Å². The van der Waals surface area contributed by atoms with Crippen LogP contribution in [0.4, 0.5) is 32.3 Å². The quantitative estimate of drug-likeness (QED) is 0.719. The molecule has 3 heterocycles. The Labute approximate surface area is 161 Å². The molecule has 4 rings (SSSR count). The molecule has 6 nitrogen and oxygen atoms in total. The predicted molar refractivity (Wildman–Crippen MR) is 90.2 cm³/mol. The lowest BCUT2D eigenvalue weighted by Gasteiger charge is -2.17. The van der Waals surface area contributed by atoms with E-state index in [0.717, 1.165) is 32.6 Å². The van der Waals surface area contributed by atoms with Gasteiger partial charge in [-0.05, 0) is 19.8 Å². The van der Waals surface area contributed by atoms with Gasteiger partial charge in [0.05, 0.1) is 36.4 Å². The van der Waals surface area contributed by atoms with E-state index in [1.807, 2.05) is 0 Å². The Kier molecular flexibility index (Phi) is 5.69. The molecule has 12 heteroatoms. The fourth-order valence-corrected chi connectivity index (χ4v) is 3.22. The number of nitrogen functional groups attached to an aromatic ring is 1. The van der Waals surface area contributed by atoms with Crippen molar-refractivity contribution in [2.24, 2.45) is 0 Å². The monoisotopic (exact) mass is 426 g/mol. The Balaban J connectivity index is 0.000000290. The standard InChI is InChI=1S/C12H10F6N4.C5H10O2/c1-4(12(16,17)18)9-7(5-2-11(5,14)15)8(13)6-3-20-10(19)21-22(6)9;6-5-2-1-3-7-4-5/h3-5H,2H2,1H3,(H2,19,21);5-6H,1-4H2. The number of rotatable bonds is 2. The molecule has 2 aliphatic rings. The van der Waals surface area contributed by atoms with Crippen molar-refractivity contribution in [1.82, 2.24) is 14.6 Å². The maximum Gasteiger partial charge on any atom is 0.396 e. The van der Waals surface area contributed by atoms with Crippen LogP contribution in [0.1, 0.15) is 49.3 Å². The lowest BCUT2D eigenvalue weighted by molar-refractivity contribution is -0.147. The summed E-state index contributed by atoms with van der Waals surface area (Å²) in [6, 6.07) is 0. The largest absolute Gasteiger partial charge is 0.396 e. The number of fused-ring (bicyclic) bond motifs is 1. The van der Waals surface area contributed by atoms with Crippen molar-refractivity contribution in [3.8, 4) is 0 Å². The number of aromatic nitrogens is 3. The van der Waals surface area contributed by atoms with Gasteiger partial charge in [0, 0.05) is 18.6 Å². The average molecular weight is 426 g/mol. The van der Waals surface area contributed by atoms with Crippen molar-refractivity contribution in [2.45, 2.75) is 56.2 Å². The van der Waals surface area contributed by atoms with Gasteiger partial charge in [-0.2, -0.15) is 13.2 Å². The van der Waals surface area contributed by atoms with Gasteiger partial charge in [0.25, 0.3) is 5.92 Å². The average Bonchev–Trinajstić information content (AvgIpc) is 3.16. The van der Waals surface area contributed by atoms with Crippen LogP contribution in [-0.2, 0) is 4.74 Å². The first-order valence-corrected chi connectivity index (χ1v) is 8.96. The van der Waals surface area contributed by atoms with E-state index in [2.05, 4.69) is 10.1 Å². The summed E-state index contributed by atoms with van der Waals surface area (Å²) in [5, 5.41) is 12.3. The lowest BCUT2D eigenvalue weighted by Crippen LogP contribution is -2.21. The van der Waals surface area contributed by atoms with Crippen molar-refractivity contribution in [3.05, 3.63) is 23.3 Å². The Bertz CT molecular complexity index is 879. The van der Waals surface area contributed by atoms with Crippen LogP contribution in [0.25, 0.3) is 5.52 Å². The number of aliphatic hydroxyl groups excluding tert-OH is 1. The van der Waals surface area contributed by atoms with Crippen LogP contribution in [0.5, 0.6) is 0 Å². The zero-order chi connectivity index (χ0) is 21.6. The second-order valence-electron chi connectivity index (χ2n) is 7.18. The summed E-state index contributed by atoms with van der Waals surface area (Å²) >= 11 is 0. The van der Waals surface area contributed by atoms with Crippen LogP contribution in [0, 0.1) is 5.82 Å². The van der Waals surface area contributed by atoms with Gasteiger partial charge < -0.3 is 15.6 Å². The summed E-state index contributed by atoms with van der Waals surface area (Å²) in [5.74, 6) is -8.52. The molecule has 3 N–H and O–H groups in total. The van der Waals surface area contributed by atoms with Crippen molar-refractivity contribution in [2.75, 3.05) is 18.9 Å². The summed E-state index contributed by atoms with van der Waals surface area (Å²) in [6.07, 6.45) is -2.80. The number of alkyl halides is 5. The summed E-state index contributed by atoms with van der Waals surface area (Å²) < 4.78 is 85.6. The van der Waals surface area contributed by atoms with Crippen molar-refractivity contribution < 1.29 is 36.2 Å². The molecule has 1 saturated carbocycles. The fourth-order valence-electron chi connectivity index (χ4n) is 3.22. The van der Waals surface area contributed by atoms with E-state index in [0.29, 0.717) is 11.1 Å². The number of ether oxygens (including phenoxy) is 1. The van der Waals surface area contributed by atoms with Gasteiger partial charge in [0.15, 0.2) is 5.82 Å². The van der Waals surface area contributed by atoms with Gasteiger partial charge in [-0.1, -0.05) is 0 Å². The molecule has 0 radical (unpaired) electrons. The minimum atomic E-state index is -4.74. The van der Waals surface area contributed by atoms with Crippen molar-refractivity contribution in [1.29, 1.82) is 0 Å². The zero-order valence-electron chi connectivity index (χ0n) is 15.4. The highest BCUT2D eigenvalue weighted by atomic mass is 19.4. The lowest BCUT2D eigenvalue weighted by atomic mass is 10.00. The van der Waals surface area contributed by atoms with Crippen LogP contribution in [0.15, 0.2) is 6.20 Å². The van der Waals surface area contributed by atoms with Crippen LogP contribution in [-0.4, -0.2) is 51.1 Å². The fraction of sp³-hybridized carbons (Fsp3) is 0.647. The number of aliphatic hydroxyl groups is 1. The molecule has 0 spiro atoms. The normalized spacial score (nSPS) is 24.7. The Morgan fingerprint density at radius 3 is 2.48 bits per heavy atom. The minimum absolute atomic E-state index is 0.186. The van der Waals surface area contributed by atoms with Crippen molar-refractivity contribution in [3.63, 3.8) is 0 Å². The van der Waals surface area contributed by atoms with Gasteiger partial charge in [0.2, 0.25) is 5.95 Å². The summed E-state index contributed by atoms with van der Waals surface area (Å²) in [5.41, 5.74) is 3.59. The highest BCUT2D eigenvalue weighted by Crippen LogP contribution is 2.59. The maximum absolute atomic E-state index is 14.4. The van der Waals surface area contributed by atoms with E-state index in [1.165, 1.54) is 0 Å². The van der Waals surface area contributed by atoms with Gasteiger partial charge in [0.1, 0.15) is 5.52 Å². The first-order valence-electron chi connectivity index (χ1n) is 8.96. The number of hydrogen-bond acceptors (Lipinski definition) is 5. The molecule has 0 amide bonds. The smallest absolute Gasteiger partial charge is 0.391 e. The van der Waals surface area contributed by atoms with Crippen molar-refractivity contribution >= 4 is 11.5 Å². The van der Waals surface area contributed by atoms with Gasteiger partial charge in [-0.25, -0.2) is 22.7 Å². The highest BCUT2D eigenvalue weighted by Gasteiger charge is 2.61. The van der Waals surface area contributed by atoms with E-state index in [-0.39, 0.29) is 12.1 Å². The number of nitrogens with two attached hydrogens (primary N) is 1. The number of anilines is 1. The second-order valence-corrected chi connectivity index (χ2v) is 7.18. The molecule has 29 heavy (non-hydrogen) atoms.